The molecule has 0 aliphatic carbocycles. The lowest BCUT2D eigenvalue weighted by Crippen LogP contribution is -2.40. The predicted octanol–water partition coefficient (Wildman–Crippen LogP) is -1.69. The van der Waals surface area contributed by atoms with Crippen LogP contribution in [0.3, 0.4) is 0 Å². The number of nitrogens with one attached hydrogen (secondary N) is 1. The van der Waals surface area contributed by atoms with Crippen LogP contribution >= 0.6 is 7.82 Å². The van der Waals surface area contributed by atoms with Crippen LogP contribution in [0.4, 0.5) is 0 Å². The first-order chi connectivity index (χ1) is 9.37. The van der Waals surface area contributed by atoms with Gasteiger partial charge in [-0.15, -0.1) is 0 Å². The monoisotopic (exact) mass is 306 g/mol. The second-order valence-corrected chi connectivity index (χ2v) is 5.81. The Morgan fingerprint density at radius 2 is 2.20 bits per heavy atom. The minimum atomic E-state index is -4.22. The van der Waals surface area contributed by atoms with Crippen molar-refractivity contribution in [3.05, 3.63) is 33.1 Å². The van der Waals surface area contributed by atoms with Crippen molar-refractivity contribution in [2.45, 2.75) is 24.5 Å². The summed E-state index contributed by atoms with van der Waals surface area (Å²) >= 11 is 0. The molecule has 110 valence electrons. The molecule has 3 rings (SSSR count). The number of rotatable bonds is 1. The summed E-state index contributed by atoms with van der Waals surface area (Å²) in [6.45, 7) is -0.246. The molecule has 0 saturated carbocycles. The van der Waals surface area contributed by atoms with E-state index in [1.807, 2.05) is 4.98 Å². The van der Waals surface area contributed by atoms with Gasteiger partial charge in [0.25, 0.3) is 5.56 Å². The summed E-state index contributed by atoms with van der Waals surface area (Å²) < 4.78 is 27.0. The van der Waals surface area contributed by atoms with Gasteiger partial charge in [-0.1, -0.05) is 0 Å². The Kier molecular flexibility index (Phi) is 3.16. The number of aliphatic hydroxyl groups is 1. The normalized spacial score (nSPS) is 40.5. The molecule has 2 aliphatic heterocycles. The van der Waals surface area contributed by atoms with E-state index in [0.29, 0.717) is 0 Å². The fourth-order valence-electron chi connectivity index (χ4n) is 2.19. The van der Waals surface area contributed by atoms with Gasteiger partial charge in [-0.2, -0.15) is 0 Å². The van der Waals surface area contributed by atoms with E-state index < -0.39 is 43.6 Å². The number of fused-ring (bicyclic) bond motifs is 1. The maximum Gasteiger partial charge on any atom is 0.472 e. The molecule has 2 saturated heterocycles. The third kappa shape index (κ3) is 2.26. The first-order valence-electron chi connectivity index (χ1n) is 5.68. The highest BCUT2D eigenvalue weighted by Gasteiger charge is 2.52. The molecule has 2 fully saturated rings. The summed E-state index contributed by atoms with van der Waals surface area (Å²) in [4.78, 5) is 33.9. The van der Waals surface area contributed by atoms with Gasteiger partial charge in [0.1, 0.15) is 18.3 Å². The van der Waals surface area contributed by atoms with Crippen LogP contribution in [0.15, 0.2) is 21.9 Å². The van der Waals surface area contributed by atoms with Crippen LogP contribution in [-0.4, -0.2) is 44.5 Å². The molecule has 0 spiro atoms. The van der Waals surface area contributed by atoms with E-state index in [4.69, 9.17) is 9.26 Å². The number of aliphatic hydroxyl groups excluding tert-OH is 1. The average molecular weight is 306 g/mol. The summed E-state index contributed by atoms with van der Waals surface area (Å²) in [5.41, 5.74) is -1.36. The maximum atomic E-state index is 11.6. The second-order valence-electron chi connectivity index (χ2n) is 4.41. The van der Waals surface area contributed by atoms with Crippen LogP contribution in [0.1, 0.15) is 6.23 Å². The van der Waals surface area contributed by atoms with Gasteiger partial charge in [-0.3, -0.25) is 23.4 Å². The van der Waals surface area contributed by atoms with Crippen LogP contribution in [0, 0.1) is 0 Å². The highest BCUT2D eigenvalue weighted by Crippen LogP contribution is 2.52. The lowest BCUT2D eigenvalue weighted by atomic mass is 10.1. The molecular formula is C9H11N2O8P. The zero-order chi connectivity index (χ0) is 14.5. The van der Waals surface area contributed by atoms with Crippen molar-refractivity contribution in [1.82, 2.24) is 9.55 Å². The smallest absolute Gasteiger partial charge is 0.386 e. The summed E-state index contributed by atoms with van der Waals surface area (Å²) in [6.07, 6.45) is -3.22. The van der Waals surface area contributed by atoms with Crippen LogP contribution in [0.25, 0.3) is 0 Å². The average Bonchev–Trinajstić information content (AvgIpc) is 2.66. The Bertz CT molecular complexity index is 683. The highest BCUT2D eigenvalue weighted by molar-refractivity contribution is 7.47. The standard InChI is InChI=1S/C9H11N2O8P/c12-5-1-2-11(9(14)10-5)8-6(13)7-4(18-8)3-17-20(15,16)19-7/h1-2,4,6-8,13H,3H2,(H,15,16)(H,10,12,14)/t4-,6+,7-,8?/m1/s1. The molecule has 2 unspecified atom stereocenters. The van der Waals surface area contributed by atoms with Crippen molar-refractivity contribution in [2.75, 3.05) is 6.61 Å². The van der Waals surface area contributed by atoms with Gasteiger partial charge in [0.05, 0.1) is 6.61 Å². The fraction of sp³-hybridized carbons (Fsp3) is 0.556. The molecule has 0 amide bonds. The van der Waals surface area contributed by atoms with E-state index in [9.17, 15) is 24.2 Å². The van der Waals surface area contributed by atoms with Crippen molar-refractivity contribution in [1.29, 1.82) is 0 Å². The number of aromatic nitrogens is 2. The van der Waals surface area contributed by atoms with E-state index >= 15 is 0 Å². The first kappa shape index (κ1) is 13.7. The summed E-state index contributed by atoms with van der Waals surface area (Å²) in [7, 11) is -4.22. The first-order valence-corrected chi connectivity index (χ1v) is 7.18. The molecular weight excluding hydrogens is 295 g/mol. The SMILES string of the molecule is O=c1ccn(C2O[C@@H]3COP(=O)(O)O[C@H]3[C@@H]2O)c(=O)[nH]1. The molecule has 3 heterocycles. The van der Waals surface area contributed by atoms with Crippen molar-refractivity contribution >= 4 is 7.82 Å². The Hall–Kier alpha value is -1.29. The molecule has 11 heteroatoms. The lowest BCUT2D eigenvalue weighted by molar-refractivity contribution is -0.0685. The van der Waals surface area contributed by atoms with E-state index in [-0.39, 0.29) is 6.61 Å². The molecule has 1 aromatic rings. The number of phosphoric acid groups is 1. The van der Waals surface area contributed by atoms with E-state index in [2.05, 4.69) is 4.52 Å². The van der Waals surface area contributed by atoms with Crippen LogP contribution in [-0.2, 0) is 18.3 Å². The molecule has 20 heavy (non-hydrogen) atoms. The molecule has 0 bridgehead atoms. The molecule has 2 aliphatic rings. The lowest BCUT2D eigenvalue weighted by Gasteiger charge is -2.27. The van der Waals surface area contributed by atoms with Crippen molar-refractivity contribution in [3.63, 3.8) is 0 Å². The number of H-pyrrole nitrogens is 1. The molecule has 0 radical (unpaired) electrons. The highest BCUT2D eigenvalue weighted by atomic mass is 31.2. The van der Waals surface area contributed by atoms with Crippen molar-refractivity contribution in [2.24, 2.45) is 0 Å². The summed E-state index contributed by atoms with van der Waals surface area (Å²) in [5.74, 6) is 0. The minimum absolute atomic E-state index is 0.246. The van der Waals surface area contributed by atoms with Gasteiger partial charge < -0.3 is 14.7 Å². The van der Waals surface area contributed by atoms with E-state index in [1.165, 1.54) is 0 Å². The van der Waals surface area contributed by atoms with Gasteiger partial charge in [0, 0.05) is 12.3 Å². The number of nitrogens with zero attached hydrogens (tertiary/aromatic N) is 1. The van der Waals surface area contributed by atoms with Crippen molar-refractivity contribution < 1.29 is 28.3 Å². The second kappa shape index (κ2) is 4.62. The van der Waals surface area contributed by atoms with Gasteiger partial charge >= 0.3 is 13.5 Å². The van der Waals surface area contributed by atoms with Crippen LogP contribution in [0.5, 0.6) is 0 Å². The number of phosphoric ester groups is 1. The van der Waals surface area contributed by atoms with Gasteiger partial charge in [0.15, 0.2) is 6.23 Å². The maximum absolute atomic E-state index is 11.6. The van der Waals surface area contributed by atoms with Gasteiger partial charge in [0.2, 0.25) is 0 Å². The zero-order valence-electron chi connectivity index (χ0n) is 9.91. The Morgan fingerprint density at radius 3 is 2.90 bits per heavy atom. The largest absolute Gasteiger partial charge is 0.472 e. The Balaban J connectivity index is 1.92. The van der Waals surface area contributed by atoms with Gasteiger partial charge in [-0.25, -0.2) is 9.36 Å². The predicted molar refractivity (Wildman–Crippen MR) is 61.9 cm³/mol. The molecule has 0 aromatic carbocycles. The van der Waals surface area contributed by atoms with Crippen LogP contribution in [0.2, 0.25) is 0 Å². The fourth-order valence-corrected chi connectivity index (χ4v) is 3.16. The minimum Gasteiger partial charge on any atom is -0.386 e. The molecule has 1 aromatic heterocycles. The number of ether oxygens (including phenoxy) is 1. The Morgan fingerprint density at radius 1 is 1.45 bits per heavy atom. The van der Waals surface area contributed by atoms with E-state index in [1.54, 1.807) is 0 Å². The molecule has 3 N–H and O–H groups in total. The van der Waals surface area contributed by atoms with Crippen molar-refractivity contribution in [3.8, 4) is 0 Å². The topological polar surface area (TPSA) is 140 Å². The number of hydrogen-bond acceptors (Lipinski definition) is 7. The third-order valence-electron chi connectivity index (χ3n) is 3.09. The molecule has 5 atom stereocenters. The quantitative estimate of drug-likeness (QED) is 0.522. The van der Waals surface area contributed by atoms with E-state index in [0.717, 1.165) is 16.8 Å². The van der Waals surface area contributed by atoms with Crippen LogP contribution < -0.4 is 11.2 Å². The third-order valence-corrected chi connectivity index (χ3v) is 4.08. The van der Waals surface area contributed by atoms with Gasteiger partial charge in [-0.05, 0) is 0 Å². The number of aromatic amines is 1. The summed E-state index contributed by atoms with van der Waals surface area (Å²) in [6, 6.07) is 1.09. The number of hydrogen-bond donors (Lipinski definition) is 3. The zero-order valence-corrected chi connectivity index (χ0v) is 10.8. The molecule has 10 nitrogen and oxygen atoms in total. The Labute approximate surface area is 111 Å². The summed E-state index contributed by atoms with van der Waals surface area (Å²) in [5, 5.41) is 10.1.